The summed E-state index contributed by atoms with van der Waals surface area (Å²) in [6.45, 7) is 5.48. The van der Waals surface area contributed by atoms with Crippen LogP contribution in [0.4, 0.5) is 0 Å². The molecule has 160 valence electrons. The third-order valence-corrected chi connectivity index (χ3v) is 6.50. The van der Waals surface area contributed by atoms with E-state index in [4.69, 9.17) is 9.15 Å². The van der Waals surface area contributed by atoms with E-state index in [1.54, 1.807) is 12.1 Å². The molecular weight excluding hydrogens is 396 g/mol. The fourth-order valence-electron chi connectivity index (χ4n) is 4.99. The van der Waals surface area contributed by atoms with Crippen LogP contribution in [0.5, 0.6) is 5.75 Å². The number of pyridine rings is 1. The van der Waals surface area contributed by atoms with Crippen molar-refractivity contribution in [3.05, 3.63) is 74.0 Å². The van der Waals surface area contributed by atoms with Crippen LogP contribution in [0.15, 0.2) is 50.4 Å². The Morgan fingerprint density at radius 1 is 1.13 bits per heavy atom. The minimum Gasteiger partial charge on any atom is -0.483 e. The van der Waals surface area contributed by atoms with Crippen LogP contribution < -0.4 is 15.9 Å². The van der Waals surface area contributed by atoms with Crippen LogP contribution in [0, 0.1) is 19.8 Å². The number of aryl methyl sites for hydroxylation is 2. The van der Waals surface area contributed by atoms with Crippen LogP contribution in [0.25, 0.3) is 11.0 Å². The standard InChI is InChI=1S/C24H24N2O5/c1-14-8-23(29)31-24-15(2)20(7-6-18(14)24)30-13-22(28)25-10-16-9-17(12-25)19-4-3-5-21(27)26(19)11-16/h3-8,16-17H,9-13H2,1-2H3/t16-,17-/m0/s1. The third kappa shape index (κ3) is 3.44. The van der Waals surface area contributed by atoms with E-state index in [1.807, 2.05) is 41.5 Å². The topological polar surface area (TPSA) is 81.8 Å². The minimum atomic E-state index is -0.402. The monoisotopic (exact) mass is 420 g/mol. The molecule has 0 N–H and O–H groups in total. The molecule has 0 radical (unpaired) electrons. The quantitative estimate of drug-likeness (QED) is 0.609. The summed E-state index contributed by atoms with van der Waals surface area (Å²) in [6, 6.07) is 10.5. The normalized spacial score (nSPS) is 19.9. The predicted molar refractivity (Wildman–Crippen MR) is 116 cm³/mol. The van der Waals surface area contributed by atoms with Crippen LogP contribution in [-0.4, -0.2) is 35.1 Å². The van der Waals surface area contributed by atoms with Crippen molar-refractivity contribution in [2.45, 2.75) is 32.7 Å². The summed E-state index contributed by atoms with van der Waals surface area (Å²) in [4.78, 5) is 38.7. The Balaban J connectivity index is 1.32. The van der Waals surface area contributed by atoms with E-state index in [9.17, 15) is 14.4 Å². The number of piperidine rings is 1. The Kier molecular flexibility index (Phi) is 4.68. The zero-order valence-electron chi connectivity index (χ0n) is 17.6. The molecule has 0 aliphatic carbocycles. The third-order valence-electron chi connectivity index (χ3n) is 6.50. The van der Waals surface area contributed by atoms with Crippen molar-refractivity contribution in [1.29, 1.82) is 0 Å². The predicted octanol–water partition coefficient (Wildman–Crippen LogP) is 2.60. The Labute approximate surface area is 178 Å². The Morgan fingerprint density at radius 2 is 1.97 bits per heavy atom. The van der Waals surface area contributed by atoms with Crippen molar-refractivity contribution >= 4 is 16.9 Å². The highest BCUT2D eigenvalue weighted by Gasteiger charge is 2.36. The van der Waals surface area contributed by atoms with Gasteiger partial charge < -0.3 is 18.6 Å². The lowest BCUT2D eigenvalue weighted by Crippen LogP contribution is -2.50. The lowest BCUT2D eigenvalue weighted by Gasteiger charge is -2.42. The van der Waals surface area contributed by atoms with E-state index in [0.29, 0.717) is 36.5 Å². The summed E-state index contributed by atoms with van der Waals surface area (Å²) >= 11 is 0. The summed E-state index contributed by atoms with van der Waals surface area (Å²) in [5, 5.41) is 0.855. The molecule has 2 aliphatic rings. The summed E-state index contributed by atoms with van der Waals surface area (Å²) in [5.41, 5.74) is 2.68. The van der Waals surface area contributed by atoms with Crippen molar-refractivity contribution in [3.63, 3.8) is 0 Å². The van der Waals surface area contributed by atoms with Gasteiger partial charge in [-0.05, 0) is 49.9 Å². The van der Waals surface area contributed by atoms with Gasteiger partial charge >= 0.3 is 5.63 Å². The minimum absolute atomic E-state index is 0.0315. The first-order chi connectivity index (χ1) is 14.9. The molecule has 0 unspecified atom stereocenters. The maximum atomic E-state index is 12.9. The van der Waals surface area contributed by atoms with Gasteiger partial charge in [-0.1, -0.05) is 6.07 Å². The zero-order chi connectivity index (χ0) is 21.7. The number of aromatic nitrogens is 1. The lowest BCUT2D eigenvalue weighted by molar-refractivity contribution is -0.136. The summed E-state index contributed by atoms with van der Waals surface area (Å²) in [6.07, 6.45) is 0.996. The van der Waals surface area contributed by atoms with E-state index in [2.05, 4.69) is 0 Å². The number of nitrogens with zero attached hydrogens (tertiary/aromatic N) is 2. The Hall–Kier alpha value is -3.35. The molecule has 7 heteroatoms. The molecule has 2 aliphatic heterocycles. The highest BCUT2D eigenvalue weighted by molar-refractivity contribution is 5.85. The second-order valence-electron chi connectivity index (χ2n) is 8.60. The smallest absolute Gasteiger partial charge is 0.336 e. The molecule has 1 aromatic carbocycles. The second-order valence-corrected chi connectivity index (χ2v) is 8.60. The molecule has 31 heavy (non-hydrogen) atoms. The molecule has 1 saturated heterocycles. The van der Waals surface area contributed by atoms with Crippen LogP contribution in [0.1, 0.15) is 29.2 Å². The second kappa shape index (κ2) is 7.41. The fourth-order valence-corrected chi connectivity index (χ4v) is 4.99. The van der Waals surface area contributed by atoms with E-state index < -0.39 is 5.63 Å². The first kappa shape index (κ1) is 19.6. The summed E-state index contributed by atoms with van der Waals surface area (Å²) in [7, 11) is 0. The molecule has 7 nitrogen and oxygen atoms in total. The molecule has 1 amide bonds. The van der Waals surface area contributed by atoms with E-state index in [0.717, 1.165) is 23.1 Å². The molecule has 2 aromatic heterocycles. The van der Waals surface area contributed by atoms with Gasteiger partial charge in [0.2, 0.25) is 0 Å². The largest absolute Gasteiger partial charge is 0.483 e. The maximum Gasteiger partial charge on any atom is 0.336 e. The highest BCUT2D eigenvalue weighted by Crippen LogP contribution is 2.35. The van der Waals surface area contributed by atoms with E-state index >= 15 is 0 Å². The van der Waals surface area contributed by atoms with Gasteiger partial charge in [0.15, 0.2) is 6.61 Å². The molecule has 0 spiro atoms. The molecular formula is C24H24N2O5. The summed E-state index contributed by atoms with van der Waals surface area (Å²) < 4.78 is 13.1. The number of hydrogen-bond donors (Lipinski definition) is 0. The van der Waals surface area contributed by atoms with Crippen molar-refractivity contribution < 1.29 is 13.9 Å². The van der Waals surface area contributed by atoms with Crippen LogP contribution in [-0.2, 0) is 11.3 Å². The van der Waals surface area contributed by atoms with Gasteiger partial charge in [-0.3, -0.25) is 9.59 Å². The number of fused-ring (bicyclic) bond motifs is 5. The first-order valence-corrected chi connectivity index (χ1v) is 10.5. The maximum absolute atomic E-state index is 12.9. The van der Waals surface area contributed by atoms with Crippen molar-refractivity contribution in [2.75, 3.05) is 19.7 Å². The van der Waals surface area contributed by atoms with E-state index in [-0.39, 0.29) is 29.9 Å². The van der Waals surface area contributed by atoms with Crippen molar-refractivity contribution in [1.82, 2.24) is 9.47 Å². The number of ether oxygens (including phenoxy) is 1. The number of likely N-dealkylation sites (tertiary alicyclic amines) is 1. The van der Waals surface area contributed by atoms with Crippen LogP contribution in [0.2, 0.25) is 0 Å². The number of hydrogen-bond acceptors (Lipinski definition) is 5. The fraction of sp³-hybridized carbons (Fsp3) is 0.375. The van der Waals surface area contributed by atoms with Gasteiger partial charge in [0.1, 0.15) is 11.3 Å². The van der Waals surface area contributed by atoms with Gasteiger partial charge in [-0.2, -0.15) is 0 Å². The van der Waals surface area contributed by atoms with Crippen molar-refractivity contribution in [2.24, 2.45) is 5.92 Å². The number of carbonyl (C=O) groups excluding carboxylic acids is 1. The van der Waals surface area contributed by atoms with Crippen molar-refractivity contribution in [3.8, 4) is 5.75 Å². The number of amides is 1. The van der Waals surface area contributed by atoms with Gasteiger partial charge in [-0.25, -0.2) is 4.79 Å². The SMILES string of the molecule is Cc1cc(=O)oc2c(C)c(OCC(=O)N3C[C@@H]4C[C@@H](C3)c3cccc(=O)n3C4)ccc12. The van der Waals surface area contributed by atoms with Crippen LogP contribution in [0.3, 0.4) is 0 Å². The first-order valence-electron chi connectivity index (χ1n) is 10.5. The van der Waals surface area contributed by atoms with Gasteiger partial charge in [0, 0.05) is 54.3 Å². The molecule has 2 atom stereocenters. The molecule has 3 aromatic rings. The van der Waals surface area contributed by atoms with E-state index in [1.165, 1.54) is 6.07 Å². The van der Waals surface area contributed by atoms with Gasteiger partial charge in [-0.15, -0.1) is 0 Å². The average molecular weight is 420 g/mol. The van der Waals surface area contributed by atoms with Crippen LogP contribution >= 0.6 is 0 Å². The molecule has 0 saturated carbocycles. The number of rotatable bonds is 3. The van der Waals surface area contributed by atoms with Gasteiger partial charge in [0.05, 0.1) is 0 Å². The summed E-state index contributed by atoms with van der Waals surface area (Å²) in [5.74, 6) is 0.898. The Bertz CT molecular complexity index is 1310. The number of benzene rings is 1. The highest BCUT2D eigenvalue weighted by atomic mass is 16.5. The number of carbonyl (C=O) groups is 1. The average Bonchev–Trinajstić information content (AvgIpc) is 2.74. The molecule has 4 heterocycles. The van der Waals surface area contributed by atoms with Gasteiger partial charge in [0.25, 0.3) is 11.5 Å². The Morgan fingerprint density at radius 3 is 2.81 bits per heavy atom. The molecule has 5 rings (SSSR count). The molecule has 1 fully saturated rings. The zero-order valence-corrected chi connectivity index (χ0v) is 17.6. The lowest BCUT2D eigenvalue weighted by atomic mass is 9.83. The molecule has 2 bridgehead atoms.